The number of aromatic carboxylic acids is 1. The molecule has 0 aliphatic heterocycles. The summed E-state index contributed by atoms with van der Waals surface area (Å²) < 4.78 is 30.7. The van der Waals surface area contributed by atoms with E-state index < -0.39 is 23.4 Å². The number of aromatic nitrogens is 1. The van der Waals surface area contributed by atoms with Gasteiger partial charge in [0.05, 0.1) is 0 Å². The molecule has 2 aromatic rings. The second-order valence-electron chi connectivity index (χ2n) is 3.17. The average Bonchev–Trinajstić information content (AvgIpc) is 2.74. The summed E-state index contributed by atoms with van der Waals surface area (Å²) in [7, 11) is 0. The predicted molar refractivity (Wildman–Crippen MR) is 50.5 cm³/mol. The second-order valence-corrected chi connectivity index (χ2v) is 3.17. The van der Waals surface area contributed by atoms with Gasteiger partial charge in [0.1, 0.15) is 0 Å². The van der Waals surface area contributed by atoms with Crippen molar-refractivity contribution in [2.75, 3.05) is 0 Å². The third-order valence-corrected chi connectivity index (χ3v) is 2.03. The minimum Gasteiger partial charge on any atom is -0.503 e. The molecular formula is C10H5F2NO4. The third kappa shape index (κ3) is 1.94. The molecule has 0 atom stereocenters. The minimum absolute atomic E-state index is 0.0576. The van der Waals surface area contributed by atoms with Crippen LogP contribution < -0.4 is 0 Å². The Balaban J connectivity index is 2.49. The van der Waals surface area contributed by atoms with Crippen molar-refractivity contribution < 1.29 is 28.3 Å². The number of hydrogen-bond donors (Lipinski definition) is 2. The largest absolute Gasteiger partial charge is 0.503 e. The fourth-order valence-electron chi connectivity index (χ4n) is 1.22. The van der Waals surface area contributed by atoms with Gasteiger partial charge in [-0.25, -0.2) is 13.6 Å². The number of carboxylic acids is 1. The Morgan fingerprint density at radius 1 is 1.24 bits per heavy atom. The number of rotatable bonds is 2. The van der Waals surface area contributed by atoms with Crippen molar-refractivity contribution in [3.63, 3.8) is 0 Å². The molecule has 0 saturated heterocycles. The molecule has 2 rings (SSSR count). The van der Waals surface area contributed by atoms with Crippen LogP contribution in [0.15, 0.2) is 22.7 Å². The summed E-state index contributed by atoms with van der Waals surface area (Å²) in [6, 6.07) is 2.64. The molecule has 0 radical (unpaired) electrons. The first-order valence-corrected chi connectivity index (χ1v) is 4.37. The van der Waals surface area contributed by atoms with Crippen molar-refractivity contribution in [2.24, 2.45) is 0 Å². The van der Waals surface area contributed by atoms with E-state index in [4.69, 9.17) is 10.2 Å². The number of halogens is 2. The van der Waals surface area contributed by atoms with Crippen LogP contribution in [-0.4, -0.2) is 21.3 Å². The van der Waals surface area contributed by atoms with Gasteiger partial charge in [-0.15, -0.1) is 0 Å². The highest BCUT2D eigenvalue weighted by molar-refractivity contribution is 5.86. The molecule has 1 aromatic carbocycles. The van der Waals surface area contributed by atoms with Gasteiger partial charge in [-0.3, -0.25) is 0 Å². The highest BCUT2D eigenvalue weighted by atomic mass is 19.1. The Kier molecular flexibility index (Phi) is 2.51. The van der Waals surface area contributed by atoms with Crippen molar-refractivity contribution in [3.05, 3.63) is 35.5 Å². The van der Waals surface area contributed by atoms with Crippen molar-refractivity contribution >= 4 is 5.97 Å². The van der Waals surface area contributed by atoms with Gasteiger partial charge in [-0.2, -0.15) is 0 Å². The Hall–Kier alpha value is -2.44. The summed E-state index contributed by atoms with van der Waals surface area (Å²) in [6.45, 7) is 0. The number of benzene rings is 1. The average molecular weight is 241 g/mol. The molecule has 5 nitrogen and oxygen atoms in total. The van der Waals surface area contributed by atoms with Gasteiger partial charge in [-0.1, -0.05) is 5.16 Å². The molecule has 0 unspecified atom stereocenters. The van der Waals surface area contributed by atoms with Gasteiger partial charge in [0, 0.05) is 11.6 Å². The molecule has 0 spiro atoms. The lowest BCUT2D eigenvalue weighted by molar-refractivity contribution is 0.0686. The van der Waals surface area contributed by atoms with E-state index >= 15 is 0 Å². The van der Waals surface area contributed by atoms with E-state index in [9.17, 15) is 13.6 Å². The number of carboxylic acid groups (broad SMARTS) is 1. The molecule has 1 aromatic heterocycles. The molecule has 0 amide bonds. The first-order valence-electron chi connectivity index (χ1n) is 4.37. The van der Waals surface area contributed by atoms with Crippen molar-refractivity contribution in [1.82, 2.24) is 5.16 Å². The van der Waals surface area contributed by atoms with Crippen LogP contribution in [0, 0.1) is 11.6 Å². The molecule has 0 saturated carbocycles. The highest BCUT2D eigenvalue weighted by Crippen LogP contribution is 2.28. The Bertz CT molecular complexity index is 571. The Morgan fingerprint density at radius 3 is 2.29 bits per heavy atom. The molecule has 0 bridgehead atoms. The summed E-state index contributed by atoms with van der Waals surface area (Å²) >= 11 is 0. The molecule has 7 heteroatoms. The first-order chi connectivity index (χ1) is 7.99. The number of carbonyl (C=O) groups is 1. The van der Waals surface area contributed by atoms with E-state index in [1.807, 2.05) is 0 Å². The molecule has 0 aliphatic rings. The number of hydrogen-bond acceptors (Lipinski definition) is 4. The van der Waals surface area contributed by atoms with Crippen LogP contribution in [0.2, 0.25) is 0 Å². The fraction of sp³-hybridized carbons (Fsp3) is 0. The minimum atomic E-state index is -1.32. The van der Waals surface area contributed by atoms with Crippen molar-refractivity contribution in [3.8, 4) is 17.1 Å². The molecule has 1 heterocycles. The van der Waals surface area contributed by atoms with E-state index in [-0.39, 0.29) is 17.0 Å². The maximum absolute atomic E-state index is 13.0. The number of phenols is 1. The van der Waals surface area contributed by atoms with Crippen molar-refractivity contribution in [1.29, 1.82) is 0 Å². The lowest BCUT2D eigenvalue weighted by atomic mass is 10.1. The third-order valence-electron chi connectivity index (χ3n) is 2.03. The number of aromatic hydroxyl groups is 1. The molecular weight excluding hydrogens is 236 g/mol. The smallest absolute Gasteiger partial charge is 0.358 e. The Labute approximate surface area is 92.9 Å². The van der Waals surface area contributed by atoms with Gasteiger partial charge in [0.15, 0.2) is 28.8 Å². The maximum Gasteiger partial charge on any atom is 0.358 e. The number of nitrogens with zero attached hydrogens (tertiary/aromatic N) is 1. The second kappa shape index (κ2) is 3.85. The molecule has 17 heavy (non-hydrogen) atoms. The van der Waals surface area contributed by atoms with Gasteiger partial charge >= 0.3 is 5.97 Å². The van der Waals surface area contributed by atoms with Crippen LogP contribution in [0.5, 0.6) is 5.75 Å². The van der Waals surface area contributed by atoms with Crippen LogP contribution in [0.1, 0.15) is 10.5 Å². The van der Waals surface area contributed by atoms with E-state index in [1.165, 1.54) is 0 Å². The zero-order valence-corrected chi connectivity index (χ0v) is 8.15. The van der Waals surface area contributed by atoms with Crippen LogP contribution in [0.3, 0.4) is 0 Å². The fourth-order valence-corrected chi connectivity index (χ4v) is 1.22. The summed E-state index contributed by atoms with van der Waals surface area (Å²) in [6.07, 6.45) is 0. The van der Waals surface area contributed by atoms with Crippen LogP contribution in [-0.2, 0) is 0 Å². The Morgan fingerprint density at radius 2 is 1.82 bits per heavy atom. The van der Waals surface area contributed by atoms with Gasteiger partial charge < -0.3 is 14.7 Å². The maximum atomic E-state index is 13.0. The molecule has 0 aliphatic carbocycles. The van der Waals surface area contributed by atoms with E-state index in [2.05, 4.69) is 9.68 Å². The molecule has 2 N–H and O–H groups in total. The van der Waals surface area contributed by atoms with Crippen LogP contribution in [0.4, 0.5) is 8.78 Å². The predicted octanol–water partition coefficient (Wildman–Crippen LogP) is 2.02. The SMILES string of the molecule is O=C(O)c1cc(-c2cc(F)c(O)c(F)c2)on1. The summed E-state index contributed by atoms with van der Waals surface area (Å²) in [5.41, 5.74) is -0.438. The van der Waals surface area contributed by atoms with E-state index in [1.54, 1.807) is 0 Å². The van der Waals surface area contributed by atoms with Crippen molar-refractivity contribution in [2.45, 2.75) is 0 Å². The lowest BCUT2D eigenvalue weighted by Gasteiger charge is -1.99. The normalized spacial score (nSPS) is 10.5. The van der Waals surface area contributed by atoms with Crippen LogP contribution in [0.25, 0.3) is 11.3 Å². The van der Waals surface area contributed by atoms with E-state index in [0.29, 0.717) is 0 Å². The van der Waals surface area contributed by atoms with Gasteiger partial charge in [-0.05, 0) is 12.1 Å². The molecule has 88 valence electrons. The topological polar surface area (TPSA) is 83.6 Å². The summed E-state index contributed by atoms with van der Waals surface area (Å²) in [5, 5.41) is 20.7. The molecule has 0 fully saturated rings. The first kappa shape index (κ1) is 11.1. The highest BCUT2D eigenvalue weighted by Gasteiger charge is 2.16. The summed E-state index contributed by atoms with van der Waals surface area (Å²) in [4.78, 5) is 10.5. The lowest BCUT2D eigenvalue weighted by Crippen LogP contribution is -1.94. The zero-order chi connectivity index (χ0) is 12.6. The van der Waals surface area contributed by atoms with Gasteiger partial charge in [0.25, 0.3) is 0 Å². The quantitative estimate of drug-likeness (QED) is 0.840. The summed E-state index contributed by atoms with van der Waals surface area (Å²) in [5.74, 6) is -4.88. The monoisotopic (exact) mass is 241 g/mol. The zero-order valence-electron chi connectivity index (χ0n) is 8.15. The van der Waals surface area contributed by atoms with Crippen LogP contribution >= 0.6 is 0 Å². The van der Waals surface area contributed by atoms with Gasteiger partial charge in [0.2, 0.25) is 0 Å². The standard InChI is InChI=1S/C10H5F2NO4/c11-5-1-4(2-6(12)9(5)14)8-3-7(10(15)16)13-17-8/h1-3,14H,(H,15,16). The number of phenolic OH excluding ortho intramolecular Hbond substituents is 1. The van der Waals surface area contributed by atoms with E-state index in [0.717, 1.165) is 18.2 Å².